The summed E-state index contributed by atoms with van der Waals surface area (Å²) in [7, 11) is 0. The van der Waals surface area contributed by atoms with Crippen LogP contribution in [0.5, 0.6) is 0 Å². The number of rotatable bonds is 2. The Kier molecular flexibility index (Phi) is 3.36. The number of benzene rings is 1. The molecule has 1 aliphatic rings. The van der Waals surface area contributed by atoms with Crippen molar-refractivity contribution < 1.29 is 4.42 Å². The monoisotopic (exact) mass is 280 g/mol. The molecule has 1 aromatic carbocycles. The molecule has 3 rings (SSSR count). The molecule has 1 aromatic heterocycles. The van der Waals surface area contributed by atoms with Crippen LogP contribution in [0.2, 0.25) is 5.22 Å². The van der Waals surface area contributed by atoms with Crippen LogP contribution in [-0.4, -0.2) is 0 Å². The second-order valence-corrected chi connectivity index (χ2v) is 5.55. The van der Waals surface area contributed by atoms with Crippen molar-refractivity contribution in [2.45, 2.75) is 31.1 Å². The SMILES string of the molecule is Clc1ccc(C(Cl)c2ccc3c(c2)CCCC3)o1. The van der Waals surface area contributed by atoms with E-state index in [1.165, 1.54) is 30.4 Å². The van der Waals surface area contributed by atoms with Gasteiger partial charge in [-0.1, -0.05) is 18.2 Å². The molecule has 0 N–H and O–H groups in total. The normalized spacial score (nSPS) is 16.3. The van der Waals surface area contributed by atoms with Crippen molar-refractivity contribution >= 4 is 23.2 Å². The zero-order valence-electron chi connectivity index (χ0n) is 9.96. The predicted octanol–water partition coefficient (Wildman–Crippen LogP) is 5.14. The zero-order valence-corrected chi connectivity index (χ0v) is 11.5. The average Bonchev–Trinajstić information content (AvgIpc) is 2.84. The van der Waals surface area contributed by atoms with Gasteiger partial charge in [0.2, 0.25) is 0 Å². The molecule has 2 aromatic rings. The van der Waals surface area contributed by atoms with Crippen LogP contribution in [0.1, 0.15) is 40.7 Å². The van der Waals surface area contributed by atoms with E-state index in [0.29, 0.717) is 11.0 Å². The van der Waals surface area contributed by atoms with Gasteiger partial charge in [-0.3, -0.25) is 0 Å². The van der Waals surface area contributed by atoms with Gasteiger partial charge in [-0.15, -0.1) is 11.6 Å². The second-order valence-electron chi connectivity index (χ2n) is 4.74. The lowest BCUT2D eigenvalue weighted by atomic mass is 9.90. The Bertz CT molecular complexity index is 559. The molecule has 94 valence electrons. The lowest BCUT2D eigenvalue weighted by Crippen LogP contribution is -2.04. The summed E-state index contributed by atoms with van der Waals surface area (Å²) in [5, 5.41) is 0.123. The van der Waals surface area contributed by atoms with E-state index in [1.54, 1.807) is 6.07 Å². The van der Waals surface area contributed by atoms with Crippen molar-refractivity contribution in [3.63, 3.8) is 0 Å². The predicted molar refractivity (Wildman–Crippen MR) is 74.5 cm³/mol. The molecule has 0 spiro atoms. The van der Waals surface area contributed by atoms with Crippen LogP contribution < -0.4 is 0 Å². The molecule has 0 bridgehead atoms. The van der Waals surface area contributed by atoms with Gasteiger partial charge in [-0.05, 0) is 66.1 Å². The van der Waals surface area contributed by atoms with Crippen LogP contribution in [0.4, 0.5) is 0 Å². The van der Waals surface area contributed by atoms with Gasteiger partial charge in [0.05, 0.1) is 0 Å². The van der Waals surface area contributed by atoms with Gasteiger partial charge in [-0.2, -0.15) is 0 Å². The van der Waals surface area contributed by atoms with E-state index in [-0.39, 0.29) is 5.38 Å². The number of fused-ring (bicyclic) bond motifs is 1. The number of halogens is 2. The lowest BCUT2D eigenvalue weighted by molar-refractivity contribution is 0.518. The van der Waals surface area contributed by atoms with Crippen molar-refractivity contribution in [2.24, 2.45) is 0 Å². The van der Waals surface area contributed by atoms with Crippen LogP contribution in [0.15, 0.2) is 34.7 Å². The van der Waals surface area contributed by atoms with E-state index in [9.17, 15) is 0 Å². The molecule has 18 heavy (non-hydrogen) atoms. The first-order valence-corrected chi connectivity index (χ1v) is 7.06. The van der Waals surface area contributed by atoms with Crippen molar-refractivity contribution in [3.05, 3.63) is 58.0 Å². The molecule has 0 aliphatic heterocycles. The van der Waals surface area contributed by atoms with Gasteiger partial charge in [-0.25, -0.2) is 0 Å². The minimum absolute atomic E-state index is 0.260. The summed E-state index contributed by atoms with van der Waals surface area (Å²) in [5.41, 5.74) is 3.98. The molecular formula is C15H14Cl2O. The Labute approximate surface area is 117 Å². The smallest absolute Gasteiger partial charge is 0.193 e. The Hall–Kier alpha value is -0.920. The molecule has 1 heterocycles. The maximum atomic E-state index is 6.44. The lowest BCUT2D eigenvalue weighted by Gasteiger charge is -2.17. The van der Waals surface area contributed by atoms with E-state index in [0.717, 1.165) is 12.0 Å². The van der Waals surface area contributed by atoms with E-state index in [2.05, 4.69) is 18.2 Å². The molecule has 0 fully saturated rings. The van der Waals surface area contributed by atoms with Crippen molar-refractivity contribution in [1.82, 2.24) is 0 Å². The summed E-state index contributed by atoms with van der Waals surface area (Å²) in [4.78, 5) is 0. The van der Waals surface area contributed by atoms with E-state index >= 15 is 0 Å². The third kappa shape index (κ3) is 2.30. The summed E-state index contributed by atoms with van der Waals surface area (Å²) in [6, 6.07) is 10.1. The molecule has 1 aliphatic carbocycles. The molecule has 0 amide bonds. The Morgan fingerprint density at radius 1 is 1.00 bits per heavy atom. The first kappa shape index (κ1) is 12.1. The van der Waals surface area contributed by atoms with E-state index in [1.807, 2.05) is 6.07 Å². The standard InChI is InChI=1S/C15H14Cl2O/c16-14-8-7-13(18-14)15(17)12-6-5-10-3-1-2-4-11(10)9-12/h5-9,15H,1-4H2. The first-order chi connectivity index (χ1) is 8.74. The molecule has 0 radical (unpaired) electrons. The number of furan rings is 1. The Balaban J connectivity index is 1.92. The van der Waals surface area contributed by atoms with E-state index < -0.39 is 0 Å². The van der Waals surface area contributed by atoms with Crippen LogP contribution in [0.25, 0.3) is 0 Å². The highest BCUT2D eigenvalue weighted by molar-refractivity contribution is 6.29. The Morgan fingerprint density at radius 2 is 1.78 bits per heavy atom. The van der Waals surface area contributed by atoms with Gasteiger partial charge in [0.1, 0.15) is 11.1 Å². The van der Waals surface area contributed by atoms with Gasteiger partial charge >= 0.3 is 0 Å². The number of hydrogen-bond donors (Lipinski definition) is 0. The number of hydrogen-bond acceptors (Lipinski definition) is 1. The number of aryl methyl sites for hydroxylation is 2. The highest BCUT2D eigenvalue weighted by atomic mass is 35.5. The number of alkyl halides is 1. The summed E-state index contributed by atoms with van der Waals surface area (Å²) in [5.74, 6) is 0.706. The Morgan fingerprint density at radius 3 is 2.50 bits per heavy atom. The van der Waals surface area contributed by atoms with Crippen molar-refractivity contribution in [3.8, 4) is 0 Å². The topological polar surface area (TPSA) is 13.1 Å². The van der Waals surface area contributed by atoms with Crippen LogP contribution in [-0.2, 0) is 12.8 Å². The van der Waals surface area contributed by atoms with E-state index in [4.69, 9.17) is 27.6 Å². The average molecular weight is 281 g/mol. The molecule has 3 heteroatoms. The van der Waals surface area contributed by atoms with Gasteiger partial charge in [0.15, 0.2) is 5.22 Å². The highest BCUT2D eigenvalue weighted by Gasteiger charge is 2.17. The quantitative estimate of drug-likeness (QED) is 0.695. The van der Waals surface area contributed by atoms with Crippen LogP contribution in [0, 0.1) is 0 Å². The van der Waals surface area contributed by atoms with Gasteiger partial charge in [0.25, 0.3) is 0 Å². The summed E-state index contributed by atoms with van der Waals surface area (Å²) in [6.07, 6.45) is 4.92. The maximum absolute atomic E-state index is 6.44. The highest BCUT2D eigenvalue weighted by Crippen LogP contribution is 2.33. The first-order valence-electron chi connectivity index (χ1n) is 6.25. The molecular weight excluding hydrogens is 267 g/mol. The fourth-order valence-corrected chi connectivity index (χ4v) is 2.94. The molecule has 1 nitrogen and oxygen atoms in total. The van der Waals surface area contributed by atoms with Gasteiger partial charge < -0.3 is 4.42 Å². The zero-order chi connectivity index (χ0) is 12.5. The van der Waals surface area contributed by atoms with Crippen molar-refractivity contribution in [2.75, 3.05) is 0 Å². The summed E-state index contributed by atoms with van der Waals surface area (Å²) < 4.78 is 5.38. The minimum Gasteiger partial charge on any atom is -0.448 e. The largest absolute Gasteiger partial charge is 0.448 e. The molecule has 1 atom stereocenters. The fraction of sp³-hybridized carbons (Fsp3) is 0.333. The minimum atomic E-state index is -0.260. The summed E-state index contributed by atoms with van der Waals surface area (Å²) >= 11 is 12.2. The van der Waals surface area contributed by atoms with Gasteiger partial charge in [0, 0.05) is 0 Å². The van der Waals surface area contributed by atoms with Crippen LogP contribution in [0.3, 0.4) is 0 Å². The summed E-state index contributed by atoms with van der Waals surface area (Å²) in [6.45, 7) is 0. The maximum Gasteiger partial charge on any atom is 0.193 e. The second kappa shape index (κ2) is 4.99. The van der Waals surface area contributed by atoms with Crippen molar-refractivity contribution in [1.29, 1.82) is 0 Å². The fourth-order valence-electron chi connectivity index (χ4n) is 2.54. The molecule has 0 saturated heterocycles. The van der Waals surface area contributed by atoms with Crippen LogP contribution >= 0.6 is 23.2 Å². The molecule has 1 unspecified atom stereocenters. The third-order valence-corrected chi connectivity index (χ3v) is 4.18. The molecule has 0 saturated carbocycles. The third-order valence-electron chi connectivity index (χ3n) is 3.51.